The van der Waals surface area contributed by atoms with Crippen LogP contribution in [0.15, 0.2) is 42.5 Å². The normalized spacial score (nSPS) is 18.6. The van der Waals surface area contributed by atoms with Crippen LogP contribution >= 0.6 is 0 Å². The zero-order valence-corrected chi connectivity index (χ0v) is 22.0. The van der Waals surface area contributed by atoms with E-state index >= 15 is 0 Å². The molecule has 3 aromatic rings. The number of benzene rings is 1. The van der Waals surface area contributed by atoms with Crippen LogP contribution in [0.25, 0.3) is 5.69 Å². The SMILES string of the molecule is CC(=O)C[C@H](CN1CC[C@@H](CCc2ccc3c(n2)NCCC3)C1)c1cccc(-n2nc(C)cc2C)c1. The molecule has 0 unspecified atom stereocenters. The standard InChI is InChI=1S/C30H39N5O/c1-21-16-22(2)35(33-21)29-8-4-6-26(18-29)27(17-23(3)36)20-34-15-13-24(19-34)9-11-28-12-10-25-7-5-14-31-30(25)32-28/h4,6,8,10,12,16,18,24,27H,5,7,9,11,13-15,17,19-20H2,1-3H3,(H,31,32)/t24-,27-/m1/s1. The monoisotopic (exact) mass is 485 g/mol. The summed E-state index contributed by atoms with van der Waals surface area (Å²) in [6.07, 6.45) is 6.35. The van der Waals surface area contributed by atoms with E-state index in [1.165, 1.54) is 36.1 Å². The first-order valence-corrected chi connectivity index (χ1v) is 13.5. The highest BCUT2D eigenvalue weighted by Gasteiger charge is 2.26. The fourth-order valence-corrected chi connectivity index (χ4v) is 5.92. The highest BCUT2D eigenvalue weighted by molar-refractivity contribution is 5.76. The predicted molar refractivity (Wildman–Crippen MR) is 145 cm³/mol. The Bertz CT molecular complexity index is 1220. The van der Waals surface area contributed by atoms with Crippen molar-refractivity contribution in [2.45, 2.75) is 65.2 Å². The number of ketones is 1. The molecule has 1 saturated heterocycles. The maximum atomic E-state index is 12.2. The molecule has 6 heteroatoms. The van der Waals surface area contributed by atoms with Gasteiger partial charge in [-0.2, -0.15) is 5.10 Å². The van der Waals surface area contributed by atoms with Crippen LogP contribution in [0.5, 0.6) is 0 Å². The number of aryl methyl sites for hydroxylation is 4. The number of likely N-dealkylation sites (tertiary alicyclic amines) is 1. The quantitative estimate of drug-likeness (QED) is 0.448. The summed E-state index contributed by atoms with van der Waals surface area (Å²) in [6.45, 7) is 9.99. The molecule has 0 spiro atoms. The van der Waals surface area contributed by atoms with E-state index in [9.17, 15) is 4.79 Å². The van der Waals surface area contributed by atoms with Crippen LogP contribution in [0.3, 0.4) is 0 Å². The average molecular weight is 486 g/mol. The number of pyridine rings is 1. The largest absolute Gasteiger partial charge is 0.370 e. The first-order chi connectivity index (χ1) is 17.4. The minimum absolute atomic E-state index is 0.201. The lowest BCUT2D eigenvalue weighted by Gasteiger charge is -2.24. The molecule has 2 atom stereocenters. The summed E-state index contributed by atoms with van der Waals surface area (Å²) in [5.41, 5.74) is 7.00. The number of hydrogen-bond donors (Lipinski definition) is 1. The lowest BCUT2D eigenvalue weighted by molar-refractivity contribution is -0.117. The second-order valence-corrected chi connectivity index (χ2v) is 10.8. The van der Waals surface area contributed by atoms with Gasteiger partial charge in [-0.1, -0.05) is 18.2 Å². The third-order valence-electron chi connectivity index (χ3n) is 7.74. The Balaban J connectivity index is 1.21. The van der Waals surface area contributed by atoms with E-state index < -0.39 is 0 Å². The van der Waals surface area contributed by atoms with Gasteiger partial charge in [0.1, 0.15) is 11.6 Å². The molecule has 4 heterocycles. The molecule has 36 heavy (non-hydrogen) atoms. The molecule has 1 N–H and O–H groups in total. The van der Waals surface area contributed by atoms with Gasteiger partial charge in [-0.3, -0.25) is 0 Å². The number of hydrogen-bond acceptors (Lipinski definition) is 5. The van der Waals surface area contributed by atoms with E-state index in [-0.39, 0.29) is 11.7 Å². The van der Waals surface area contributed by atoms with Crippen molar-refractivity contribution in [3.05, 3.63) is 70.7 Å². The highest BCUT2D eigenvalue weighted by Crippen LogP contribution is 2.29. The maximum Gasteiger partial charge on any atom is 0.130 e. The molecular weight excluding hydrogens is 446 g/mol. The molecule has 1 aromatic carbocycles. The Morgan fingerprint density at radius 1 is 1.19 bits per heavy atom. The van der Waals surface area contributed by atoms with E-state index in [4.69, 9.17) is 4.98 Å². The van der Waals surface area contributed by atoms with Crippen molar-refractivity contribution in [2.75, 3.05) is 31.5 Å². The van der Waals surface area contributed by atoms with E-state index in [1.54, 1.807) is 6.92 Å². The second-order valence-electron chi connectivity index (χ2n) is 10.8. The van der Waals surface area contributed by atoms with Gasteiger partial charge in [0, 0.05) is 43.4 Å². The summed E-state index contributed by atoms with van der Waals surface area (Å²) in [4.78, 5) is 19.6. The van der Waals surface area contributed by atoms with Crippen molar-refractivity contribution < 1.29 is 4.79 Å². The molecule has 0 bridgehead atoms. The van der Waals surface area contributed by atoms with E-state index in [0.717, 1.165) is 61.9 Å². The number of rotatable bonds is 9. The molecule has 190 valence electrons. The second kappa shape index (κ2) is 11.0. The van der Waals surface area contributed by atoms with E-state index in [2.05, 4.69) is 64.7 Å². The Morgan fingerprint density at radius 3 is 2.89 bits per heavy atom. The molecule has 2 aromatic heterocycles. The summed E-state index contributed by atoms with van der Waals surface area (Å²) in [6, 6.07) is 15.2. The molecule has 2 aliphatic rings. The Morgan fingerprint density at radius 2 is 2.08 bits per heavy atom. The Hall–Kier alpha value is -2.99. The van der Waals surface area contributed by atoms with E-state index in [0.29, 0.717) is 12.3 Å². The minimum Gasteiger partial charge on any atom is -0.370 e. The molecule has 0 amide bonds. The average Bonchev–Trinajstić information content (AvgIpc) is 3.47. The number of aromatic nitrogens is 3. The van der Waals surface area contributed by atoms with Crippen LogP contribution in [0.2, 0.25) is 0 Å². The van der Waals surface area contributed by atoms with Crippen molar-refractivity contribution in [1.29, 1.82) is 0 Å². The van der Waals surface area contributed by atoms with Gasteiger partial charge in [0.25, 0.3) is 0 Å². The minimum atomic E-state index is 0.201. The molecule has 5 rings (SSSR count). The fraction of sp³-hybridized carbons (Fsp3) is 0.500. The Kier molecular flexibility index (Phi) is 7.51. The number of carbonyl (C=O) groups is 1. The van der Waals surface area contributed by atoms with Crippen molar-refractivity contribution in [2.24, 2.45) is 5.92 Å². The van der Waals surface area contributed by atoms with Crippen molar-refractivity contribution in [3.63, 3.8) is 0 Å². The first-order valence-electron chi connectivity index (χ1n) is 13.5. The molecule has 0 aliphatic carbocycles. The third-order valence-corrected chi connectivity index (χ3v) is 7.74. The van der Waals surface area contributed by atoms with Gasteiger partial charge in [0.15, 0.2) is 0 Å². The van der Waals surface area contributed by atoms with Crippen molar-refractivity contribution in [3.8, 4) is 5.69 Å². The maximum absolute atomic E-state index is 12.2. The zero-order valence-electron chi connectivity index (χ0n) is 22.0. The van der Waals surface area contributed by atoms with Gasteiger partial charge in [0.2, 0.25) is 0 Å². The van der Waals surface area contributed by atoms with Crippen molar-refractivity contribution >= 4 is 11.6 Å². The van der Waals surface area contributed by atoms with Gasteiger partial charge >= 0.3 is 0 Å². The molecule has 1 fully saturated rings. The van der Waals surface area contributed by atoms with Crippen molar-refractivity contribution in [1.82, 2.24) is 19.7 Å². The number of Topliss-reactive ketones (excluding diaryl/α,β-unsaturated/α-hetero) is 1. The molecular formula is C30H39N5O. The van der Waals surface area contributed by atoms with Gasteiger partial charge in [-0.05, 0) is 101 Å². The number of anilines is 1. The highest BCUT2D eigenvalue weighted by atomic mass is 16.1. The number of carbonyl (C=O) groups excluding carboxylic acids is 1. The summed E-state index contributed by atoms with van der Waals surface area (Å²) in [5, 5.41) is 8.11. The van der Waals surface area contributed by atoms with Gasteiger partial charge in [-0.25, -0.2) is 9.67 Å². The Labute approximate surface area is 215 Å². The van der Waals surface area contributed by atoms with Gasteiger partial charge in [-0.15, -0.1) is 0 Å². The third kappa shape index (κ3) is 5.86. The van der Waals surface area contributed by atoms with Crippen LogP contribution in [0.1, 0.15) is 66.7 Å². The van der Waals surface area contributed by atoms with Gasteiger partial charge < -0.3 is 15.0 Å². The smallest absolute Gasteiger partial charge is 0.130 e. The number of nitrogens with one attached hydrogen (secondary N) is 1. The van der Waals surface area contributed by atoms with E-state index in [1.807, 2.05) is 11.6 Å². The molecule has 0 radical (unpaired) electrons. The van der Waals surface area contributed by atoms with Crippen LogP contribution in [0, 0.1) is 19.8 Å². The molecule has 6 nitrogen and oxygen atoms in total. The van der Waals surface area contributed by atoms with Crippen LogP contribution in [-0.2, 0) is 17.6 Å². The zero-order chi connectivity index (χ0) is 25.1. The summed E-state index contributed by atoms with van der Waals surface area (Å²) >= 11 is 0. The first kappa shape index (κ1) is 24.7. The van der Waals surface area contributed by atoms with Crippen LogP contribution in [-0.4, -0.2) is 51.6 Å². The number of nitrogens with zero attached hydrogens (tertiary/aromatic N) is 4. The molecule has 0 saturated carbocycles. The summed E-state index contributed by atoms with van der Waals surface area (Å²) < 4.78 is 2.00. The fourth-order valence-electron chi connectivity index (χ4n) is 5.92. The predicted octanol–water partition coefficient (Wildman–Crippen LogP) is 5.26. The lowest BCUT2D eigenvalue weighted by atomic mass is 9.93. The summed E-state index contributed by atoms with van der Waals surface area (Å²) in [7, 11) is 0. The van der Waals surface area contributed by atoms with Gasteiger partial charge in [0.05, 0.1) is 11.4 Å². The van der Waals surface area contributed by atoms with Crippen LogP contribution < -0.4 is 5.32 Å². The lowest BCUT2D eigenvalue weighted by Crippen LogP contribution is -2.27. The summed E-state index contributed by atoms with van der Waals surface area (Å²) in [5.74, 6) is 2.24. The number of fused-ring (bicyclic) bond motifs is 1. The van der Waals surface area contributed by atoms with Crippen LogP contribution in [0.4, 0.5) is 5.82 Å². The molecule has 2 aliphatic heterocycles. The topological polar surface area (TPSA) is 63.1 Å².